The molecule has 1 aliphatic heterocycles. The Balaban J connectivity index is 2.25. The lowest BCUT2D eigenvalue weighted by molar-refractivity contribution is -0.384. The smallest absolute Gasteiger partial charge is 0.288 e. The van der Waals surface area contributed by atoms with Crippen LogP contribution in [-0.4, -0.2) is 34.7 Å². The van der Waals surface area contributed by atoms with E-state index in [0.29, 0.717) is 13.0 Å². The van der Waals surface area contributed by atoms with Crippen LogP contribution >= 0.6 is 11.6 Å². The molecular formula is C12H12ClN3O4. The van der Waals surface area contributed by atoms with Crippen molar-refractivity contribution in [2.75, 3.05) is 13.1 Å². The minimum absolute atomic E-state index is 0.0611. The molecule has 0 bridgehead atoms. The van der Waals surface area contributed by atoms with Crippen LogP contribution in [0.5, 0.6) is 0 Å². The van der Waals surface area contributed by atoms with Gasteiger partial charge in [-0.25, -0.2) is 0 Å². The molecule has 1 aromatic carbocycles. The van der Waals surface area contributed by atoms with Gasteiger partial charge in [-0.1, -0.05) is 17.7 Å². The second-order valence-electron chi connectivity index (χ2n) is 4.53. The average molecular weight is 298 g/mol. The summed E-state index contributed by atoms with van der Waals surface area (Å²) in [4.78, 5) is 34.9. The minimum Gasteiger partial charge on any atom is -0.369 e. The van der Waals surface area contributed by atoms with Gasteiger partial charge in [-0.3, -0.25) is 19.7 Å². The van der Waals surface area contributed by atoms with Gasteiger partial charge in [0.05, 0.1) is 16.4 Å². The van der Waals surface area contributed by atoms with E-state index in [2.05, 4.69) is 0 Å². The summed E-state index contributed by atoms with van der Waals surface area (Å²) >= 11 is 5.90. The molecule has 1 aromatic rings. The molecular weight excluding hydrogens is 286 g/mol. The van der Waals surface area contributed by atoms with E-state index >= 15 is 0 Å². The first kappa shape index (κ1) is 14.3. The molecule has 2 rings (SSSR count). The molecule has 1 unspecified atom stereocenters. The van der Waals surface area contributed by atoms with Crippen molar-refractivity contribution < 1.29 is 14.5 Å². The topological polar surface area (TPSA) is 107 Å². The van der Waals surface area contributed by atoms with Gasteiger partial charge in [0, 0.05) is 19.2 Å². The molecule has 0 aromatic heterocycles. The summed E-state index contributed by atoms with van der Waals surface area (Å²) < 4.78 is 0. The maximum Gasteiger partial charge on any atom is 0.288 e. The van der Waals surface area contributed by atoms with Crippen molar-refractivity contribution in [2.24, 2.45) is 11.7 Å². The summed E-state index contributed by atoms with van der Waals surface area (Å²) in [6, 6.07) is 4.06. The summed E-state index contributed by atoms with van der Waals surface area (Å²) in [5.41, 5.74) is 4.94. The average Bonchev–Trinajstić information content (AvgIpc) is 2.87. The number of nitrogens with zero attached hydrogens (tertiary/aromatic N) is 2. The zero-order valence-corrected chi connectivity index (χ0v) is 11.2. The van der Waals surface area contributed by atoms with Gasteiger partial charge < -0.3 is 10.6 Å². The van der Waals surface area contributed by atoms with Crippen molar-refractivity contribution in [1.29, 1.82) is 0 Å². The second-order valence-corrected chi connectivity index (χ2v) is 4.91. The highest BCUT2D eigenvalue weighted by Gasteiger charge is 2.32. The van der Waals surface area contributed by atoms with Crippen LogP contribution in [0, 0.1) is 16.0 Å². The third-order valence-corrected chi connectivity index (χ3v) is 3.68. The Morgan fingerprint density at radius 3 is 2.70 bits per heavy atom. The standard InChI is InChI=1S/C12H12ClN3O4/c13-10-8(2-1-3-9(10)16(19)20)12(18)15-5-4-7(6-15)11(14)17/h1-3,7H,4-6H2,(H2,14,17). The molecule has 7 nitrogen and oxygen atoms in total. The van der Waals surface area contributed by atoms with Crippen molar-refractivity contribution in [3.8, 4) is 0 Å². The molecule has 1 fully saturated rings. The summed E-state index contributed by atoms with van der Waals surface area (Å²) in [5, 5.41) is 10.6. The molecule has 106 valence electrons. The number of carbonyl (C=O) groups is 2. The fourth-order valence-corrected chi connectivity index (χ4v) is 2.45. The van der Waals surface area contributed by atoms with Gasteiger partial charge in [0.2, 0.25) is 5.91 Å². The number of nitro groups is 1. The summed E-state index contributed by atoms with van der Waals surface area (Å²) in [6.45, 7) is 0.596. The van der Waals surface area contributed by atoms with Gasteiger partial charge >= 0.3 is 0 Å². The molecule has 8 heteroatoms. The van der Waals surface area contributed by atoms with Gasteiger partial charge in [-0.05, 0) is 12.5 Å². The number of primary amides is 1. The zero-order chi connectivity index (χ0) is 14.9. The van der Waals surface area contributed by atoms with Crippen LogP contribution < -0.4 is 5.73 Å². The molecule has 1 saturated heterocycles. The molecule has 0 saturated carbocycles. The van der Waals surface area contributed by atoms with Crippen LogP contribution in [0.3, 0.4) is 0 Å². The number of rotatable bonds is 3. The van der Waals surface area contributed by atoms with Crippen molar-refractivity contribution in [3.05, 3.63) is 38.9 Å². The molecule has 0 radical (unpaired) electrons. The zero-order valence-electron chi connectivity index (χ0n) is 10.4. The van der Waals surface area contributed by atoms with Crippen LogP contribution in [0.15, 0.2) is 18.2 Å². The molecule has 2 amide bonds. The Kier molecular flexibility index (Phi) is 3.89. The van der Waals surface area contributed by atoms with Crippen LogP contribution in [0.4, 0.5) is 5.69 Å². The number of nitrogens with two attached hydrogens (primary N) is 1. The molecule has 1 atom stereocenters. The van der Waals surface area contributed by atoms with Gasteiger partial charge in [-0.2, -0.15) is 0 Å². The Morgan fingerprint density at radius 1 is 1.45 bits per heavy atom. The van der Waals surface area contributed by atoms with Gasteiger partial charge in [0.1, 0.15) is 5.02 Å². The Hall–Kier alpha value is -2.15. The SMILES string of the molecule is NC(=O)C1CCN(C(=O)c2cccc([N+](=O)[O-])c2Cl)C1. The lowest BCUT2D eigenvalue weighted by Crippen LogP contribution is -2.31. The number of hydrogen-bond acceptors (Lipinski definition) is 4. The fourth-order valence-electron chi connectivity index (χ4n) is 2.17. The largest absolute Gasteiger partial charge is 0.369 e. The van der Waals surface area contributed by atoms with Gasteiger partial charge in [-0.15, -0.1) is 0 Å². The van der Waals surface area contributed by atoms with E-state index in [9.17, 15) is 19.7 Å². The Morgan fingerprint density at radius 2 is 2.15 bits per heavy atom. The highest BCUT2D eigenvalue weighted by molar-refractivity contribution is 6.35. The van der Waals surface area contributed by atoms with E-state index < -0.39 is 16.7 Å². The number of halogens is 1. The first-order valence-corrected chi connectivity index (χ1v) is 6.31. The van der Waals surface area contributed by atoms with Crippen LogP contribution in [0.1, 0.15) is 16.8 Å². The van der Waals surface area contributed by atoms with Gasteiger partial charge in [0.25, 0.3) is 11.6 Å². The van der Waals surface area contributed by atoms with Crippen LogP contribution in [0.2, 0.25) is 5.02 Å². The lowest BCUT2D eigenvalue weighted by atomic mass is 10.1. The number of nitro benzene ring substituents is 1. The highest BCUT2D eigenvalue weighted by atomic mass is 35.5. The molecule has 2 N–H and O–H groups in total. The quantitative estimate of drug-likeness (QED) is 0.668. The van der Waals surface area contributed by atoms with Gasteiger partial charge in [0.15, 0.2) is 0 Å². The number of benzene rings is 1. The number of hydrogen-bond donors (Lipinski definition) is 1. The first-order chi connectivity index (χ1) is 9.41. The number of likely N-dealkylation sites (tertiary alicyclic amines) is 1. The van der Waals surface area contributed by atoms with E-state index in [1.807, 2.05) is 0 Å². The van der Waals surface area contributed by atoms with E-state index in [4.69, 9.17) is 17.3 Å². The monoisotopic (exact) mass is 297 g/mol. The molecule has 0 aliphatic carbocycles. The summed E-state index contributed by atoms with van der Waals surface area (Å²) in [7, 11) is 0. The highest BCUT2D eigenvalue weighted by Crippen LogP contribution is 2.29. The van der Waals surface area contributed by atoms with Crippen molar-refractivity contribution >= 4 is 29.1 Å². The third kappa shape index (κ3) is 2.57. The van der Waals surface area contributed by atoms with E-state index in [1.54, 1.807) is 0 Å². The van der Waals surface area contributed by atoms with Crippen molar-refractivity contribution in [1.82, 2.24) is 4.90 Å². The fraction of sp³-hybridized carbons (Fsp3) is 0.333. The molecule has 1 aliphatic rings. The second kappa shape index (κ2) is 5.46. The minimum atomic E-state index is -0.644. The van der Waals surface area contributed by atoms with E-state index in [1.165, 1.54) is 23.1 Å². The van der Waals surface area contributed by atoms with Crippen molar-refractivity contribution in [2.45, 2.75) is 6.42 Å². The van der Waals surface area contributed by atoms with Crippen LogP contribution in [-0.2, 0) is 4.79 Å². The lowest BCUT2D eigenvalue weighted by Gasteiger charge is -2.16. The third-order valence-electron chi connectivity index (χ3n) is 3.28. The number of amides is 2. The molecule has 20 heavy (non-hydrogen) atoms. The Labute approximate surface area is 119 Å². The van der Waals surface area contributed by atoms with Crippen LogP contribution in [0.25, 0.3) is 0 Å². The molecule has 0 spiro atoms. The van der Waals surface area contributed by atoms with E-state index in [0.717, 1.165) is 0 Å². The predicted octanol–water partition coefficient (Wildman–Crippen LogP) is 1.20. The maximum absolute atomic E-state index is 12.3. The normalized spacial score (nSPS) is 18.1. The maximum atomic E-state index is 12.3. The Bertz CT molecular complexity index is 590. The van der Waals surface area contributed by atoms with E-state index in [-0.39, 0.29) is 28.7 Å². The first-order valence-electron chi connectivity index (χ1n) is 5.93. The predicted molar refractivity (Wildman–Crippen MR) is 71.3 cm³/mol. The molecule has 1 heterocycles. The summed E-state index contributed by atoms with van der Waals surface area (Å²) in [6.07, 6.45) is 0.494. The summed E-state index contributed by atoms with van der Waals surface area (Å²) in [5.74, 6) is -1.26. The van der Waals surface area contributed by atoms with Crippen molar-refractivity contribution in [3.63, 3.8) is 0 Å². The number of carbonyl (C=O) groups excluding carboxylic acids is 2.